The van der Waals surface area contributed by atoms with Crippen LogP contribution in [-0.2, 0) is 20.8 Å². The van der Waals surface area contributed by atoms with Crippen LogP contribution >= 0.6 is 0 Å². The number of likely N-dealkylation sites (tertiary alicyclic amines) is 1. The molecule has 1 amide bonds. The van der Waals surface area contributed by atoms with Crippen molar-refractivity contribution in [2.75, 3.05) is 39.0 Å². The predicted molar refractivity (Wildman–Crippen MR) is 144 cm³/mol. The lowest BCUT2D eigenvalue weighted by molar-refractivity contribution is -0.148. The lowest BCUT2D eigenvalue weighted by Gasteiger charge is -2.50. The van der Waals surface area contributed by atoms with Gasteiger partial charge in [-0.1, -0.05) is 0 Å². The SMILES string of the molecule is CC(=O)C1=C(O)[C@@H](N(C)C)C2CC3Cc4c([N+]#N)cc(NC(=O)CN5CCCC5)c(O)c4C(=O)C3=C(O)[C@]2(O)C1=O. The summed E-state index contributed by atoms with van der Waals surface area (Å²) in [6.07, 6.45) is 1.84. The van der Waals surface area contributed by atoms with Crippen molar-refractivity contribution in [3.63, 3.8) is 0 Å². The summed E-state index contributed by atoms with van der Waals surface area (Å²) >= 11 is 0. The molecule has 0 bridgehead atoms. The van der Waals surface area contributed by atoms with Crippen molar-refractivity contribution >= 4 is 34.6 Å². The first-order valence-corrected chi connectivity index (χ1v) is 13.4. The standard InChI is InChI=1S/C28H31N5O8/c1-12(34)19-25(38)22(32(2)3)15-9-13-8-14-16(31-29)10-17(30-18(35)11-33-6-4-5-7-33)23(36)21(14)24(37)20(13)27(40)28(15,41)26(19)39/h10,13,15,22,29,41H,4-9,11H2,1-3H3,(H2,34,37,38,39,40)/p+1/t13?,15?,22-,28+/m0/s1. The van der Waals surface area contributed by atoms with E-state index in [1.807, 2.05) is 4.90 Å². The van der Waals surface area contributed by atoms with Gasteiger partial charge in [0.1, 0.15) is 17.1 Å². The van der Waals surface area contributed by atoms with E-state index in [-0.39, 0.29) is 47.5 Å². The van der Waals surface area contributed by atoms with E-state index >= 15 is 0 Å². The average molecular weight is 567 g/mol. The van der Waals surface area contributed by atoms with Crippen molar-refractivity contribution in [1.29, 1.82) is 5.39 Å². The summed E-state index contributed by atoms with van der Waals surface area (Å²) < 4.78 is 0. The predicted octanol–water partition coefficient (Wildman–Crippen LogP) is 1.74. The molecule has 4 atom stereocenters. The normalized spacial score (nSPS) is 27.9. The van der Waals surface area contributed by atoms with E-state index in [0.29, 0.717) is 0 Å². The first kappa shape index (κ1) is 28.4. The molecule has 1 heterocycles. The number of likely N-dealkylation sites (N-methyl/N-ethyl adjacent to an activating group) is 1. The lowest BCUT2D eigenvalue weighted by atomic mass is 9.58. The van der Waals surface area contributed by atoms with Gasteiger partial charge in [-0.15, -0.1) is 0 Å². The first-order chi connectivity index (χ1) is 19.3. The molecule has 13 nitrogen and oxygen atoms in total. The molecule has 0 radical (unpaired) electrons. The van der Waals surface area contributed by atoms with E-state index < -0.39 is 69.6 Å². The highest BCUT2D eigenvalue weighted by atomic mass is 16.3. The summed E-state index contributed by atoms with van der Waals surface area (Å²) in [5.41, 5.74) is -4.11. The zero-order valence-electron chi connectivity index (χ0n) is 23.0. The third kappa shape index (κ3) is 4.21. The maximum absolute atomic E-state index is 13.9. The highest BCUT2D eigenvalue weighted by Gasteiger charge is 2.63. The summed E-state index contributed by atoms with van der Waals surface area (Å²) in [4.78, 5) is 59.1. The van der Waals surface area contributed by atoms with Crippen LogP contribution in [0.4, 0.5) is 11.4 Å². The van der Waals surface area contributed by atoms with Crippen LogP contribution in [0, 0.1) is 17.2 Å². The number of benzene rings is 1. The third-order valence-electron chi connectivity index (χ3n) is 8.75. The molecule has 1 aromatic rings. The number of carbonyl (C=O) groups is 4. The molecular weight excluding hydrogens is 534 g/mol. The minimum absolute atomic E-state index is 0.0274. The lowest BCUT2D eigenvalue weighted by Crippen LogP contribution is -2.63. The number of nitrogens with one attached hydrogen (secondary N) is 1. The van der Waals surface area contributed by atoms with E-state index in [9.17, 15) is 45.0 Å². The Kier molecular flexibility index (Phi) is 6.97. The quantitative estimate of drug-likeness (QED) is 0.198. The van der Waals surface area contributed by atoms with Crippen LogP contribution in [0.1, 0.15) is 42.1 Å². The fourth-order valence-electron chi connectivity index (χ4n) is 6.92. The molecular formula is C28H32N5O8+. The van der Waals surface area contributed by atoms with E-state index in [1.165, 1.54) is 11.0 Å². The second-order valence-corrected chi connectivity index (χ2v) is 11.4. The van der Waals surface area contributed by atoms with E-state index in [1.54, 1.807) is 14.1 Å². The number of diazo groups is 1. The number of aliphatic hydroxyl groups is 3. The molecule has 1 fully saturated rings. The number of hydrogen-bond donors (Lipinski definition) is 5. The Hall–Kier alpha value is -4.12. The fourth-order valence-corrected chi connectivity index (χ4v) is 6.92. The number of anilines is 1. The number of carbonyl (C=O) groups excluding carboxylic acids is 4. The van der Waals surface area contributed by atoms with Crippen LogP contribution in [0.25, 0.3) is 4.98 Å². The Balaban J connectivity index is 1.61. The Morgan fingerprint density at radius 1 is 1.20 bits per heavy atom. The zero-order chi connectivity index (χ0) is 30.0. The van der Waals surface area contributed by atoms with Crippen LogP contribution < -0.4 is 5.32 Å². The second-order valence-electron chi connectivity index (χ2n) is 11.4. The molecule has 5 N–H and O–H groups in total. The summed E-state index contributed by atoms with van der Waals surface area (Å²) in [5, 5.41) is 57.5. The Labute approximate surface area is 235 Å². The molecule has 13 heteroatoms. The third-order valence-corrected chi connectivity index (χ3v) is 8.75. The summed E-state index contributed by atoms with van der Waals surface area (Å²) in [5.74, 6) is -7.42. The van der Waals surface area contributed by atoms with Crippen molar-refractivity contribution in [2.45, 2.75) is 44.2 Å². The number of aliphatic hydroxyl groups excluding tert-OH is 2. The number of fused-ring (bicyclic) bond motifs is 3. The number of aromatic hydroxyl groups is 1. The average Bonchev–Trinajstić information content (AvgIpc) is 3.40. The second kappa shape index (κ2) is 10.1. The van der Waals surface area contributed by atoms with Crippen molar-refractivity contribution in [3.8, 4) is 5.75 Å². The molecule has 41 heavy (non-hydrogen) atoms. The highest BCUT2D eigenvalue weighted by Crippen LogP contribution is 2.54. The highest BCUT2D eigenvalue weighted by molar-refractivity contribution is 6.25. The van der Waals surface area contributed by atoms with Crippen LogP contribution in [0.5, 0.6) is 5.75 Å². The summed E-state index contributed by atoms with van der Waals surface area (Å²) in [7, 11) is 3.15. The van der Waals surface area contributed by atoms with Gasteiger partial charge in [0.05, 0.1) is 35.5 Å². The molecule has 3 aliphatic carbocycles. The minimum atomic E-state index is -2.69. The molecule has 5 rings (SSSR count). The number of nitrogens with zero attached hydrogens (tertiary/aromatic N) is 4. The van der Waals surface area contributed by atoms with Gasteiger partial charge in [-0.2, -0.15) is 0 Å². The first-order valence-electron chi connectivity index (χ1n) is 13.4. The van der Waals surface area contributed by atoms with Crippen LogP contribution in [-0.4, -0.2) is 98.9 Å². The molecule has 1 aromatic carbocycles. The van der Waals surface area contributed by atoms with Crippen molar-refractivity contribution in [1.82, 2.24) is 9.80 Å². The van der Waals surface area contributed by atoms with Gasteiger partial charge in [0.15, 0.2) is 27.9 Å². The largest absolute Gasteiger partial charge is 0.510 e. The van der Waals surface area contributed by atoms with E-state index in [2.05, 4.69) is 10.3 Å². The van der Waals surface area contributed by atoms with Crippen molar-refractivity contribution in [3.05, 3.63) is 44.8 Å². The van der Waals surface area contributed by atoms with Gasteiger partial charge in [-0.25, -0.2) is 0 Å². The Bertz CT molecular complexity index is 1500. The monoisotopic (exact) mass is 566 g/mol. The van der Waals surface area contributed by atoms with Gasteiger partial charge < -0.3 is 25.7 Å². The number of phenols is 1. The number of ketones is 3. The van der Waals surface area contributed by atoms with Gasteiger partial charge in [0, 0.05) is 11.5 Å². The maximum atomic E-state index is 13.9. The minimum Gasteiger partial charge on any atom is -0.510 e. The number of Topliss-reactive ketones (excluding diaryl/α,β-unsaturated/α-hetero) is 3. The Morgan fingerprint density at radius 2 is 1.85 bits per heavy atom. The molecule has 2 unspecified atom stereocenters. The molecule has 0 aromatic heterocycles. The van der Waals surface area contributed by atoms with Gasteiger partial charge in [-0.05, 0) is 65.7 Å². The van der Waals surface area contributed by atoms with Crippen LogP contribution in [0.3, 0.4) is 0 Å². The maximum Gasteiger partial charge on any atom is 0.391 e. The number of hydrogen-bond acceptors (Lipinski definition) is 11. The fraction of sp³-hybridized carbons (Fsp3) is 0.500. The van der Waals surface area contributed by atoms with Gasteiger partial charge in [0.25, 0.3) is 0 Å². The summed E-state index contributed by atoms with van der Waals surface area (Å²) in [6.45, 7) is 2.62. The molecule has 4 aliphatic rings. The molecule has 1 saturated heterocycles. The van der Waals surface area contributed by atoms with Crippen molar-refractivity contribution in [2.24, 2.45) is 11.8 Å². The molecule has 0 spiro atoms. The van der Waals surface area contributed by atoms with Gasteiger partial charge in [-0.3, -0.25) is 29.0 Å². The van der Waals surface area contributed by atoms with E-state index in [0.717, 1.165) is 32.9 Å². The number of rotatable bonds is 5. The Morgan fingerprint density at radius 3 is 2.44 bits per heavy atom. The number of phenolic OH excluding ortho intramolecular Hbond substituents is 1. The zero-order valence-corrected chi connectivity index (χ0v) is 23.0. The molecule has 216 valence electrons. The molecule has 0 saturated carbocycles. The topological polar surface area (TPSA) is 196 Å². The van der Waals surface area contributed by atoms with E-state index in [4.69, 9.17) is 0 Å². The number of allylic oxidation sites excluding steroid dienone is 1. The van der Waals surface area contributed by atoms with Gasteiger partial charge >= 0.3 is 5.69 Å². The summed E-state index contributed by atoms with van der Waals surface area (Å²) in [6, 6.07) is 0.206. The molecule has 1 aliphatic heterocycles. The number of amides is 1. The smallest absolute Gasteiger partial charge is 0.391 e. The van der Waals surface area contributed by atoms with Gasteiger partial charge in [0.2, 0.25) is 17.1 Å². The van der Waals surface area contributed by atoms with Crippen LogP contribution in [0.15, 0.2) is 28.7 Å². The van der Waals surface area contributed by atoms with Crippen LogP contribution in [0.2, 0.25) is 0 Å². The van der Waals surface area contributed by atoms with Crippen molar-refractivity contribution < 1.29 is 39.6 Å².